The van der Waals surface area contributed by atoms with Gasteiger partial charge in [-0.3, -0.25) is 4.57 Å². The molecule has 0 fully saturated rings. The summed E-state index contributed by atoms with van der Waals surface area (Å²) in [5.41, 5.74) is -2.83. The van der Waals surface area contributed by atoms with Gasteiger partial charge in [0, 0.05) is 52.8 Å². The van der Waals surface area contributed by atoms with E-state index in [-0.39, 0.29) is 58.6 Å². The molecule has 0 atom stereocenters. The predicted molar refractivity (Wildman–Crippen MR) is 211 cm³/mol. The van der Waals surface area contributed by atoms with Crippen molar-refractivity contribution in [2.75, 3.05) is 0 Å². The lowest BCUT2D eigenvalue weighted by molar-refractivity contribution is 0.669. The van der Waals surface area contributed by atoms with E-state index in [9.17, 15) is 9.60 Å². The van der Waals surface area contributed by atoms with Gasteiger partial charge in [0.15, 0.2) is 11.6 Å². The first-order valence-electron chi connectivity index (χ1n) is 25.7. The van der Waals surface area contributed by atoms with Gasteiger partial charge in [0.25, 0.3) is 0 Å². The molecule has 0 spiro atoms. The maximum absolute atomic E-state index is 9.62. The van der Waals surface area contributed by atoms with E-state index in [2.05, 4.69) is 4.98 Å². The summed E-state index contributed by atoms with van der Waals surface area (Å²) in [5.74, 6) is -1.15. The van der Waals surface area contributed by atoms with Crippen molar-refractivity contribution in [2.24, 2.45) is 0 Å². The minimum absolute atomic E-state index is 0.00355. The quantitative estimate of drug-likeness (QED) is 0.184. The van der Waals surface area contributed by atoms with Crippen molar-refractivity contribution in [1.82, 2.24) is 19.5 Å². The number of nitrogens with zero attached hydrogens (tertiary/aromatic N) is 4. The second kappa shape index (κ2) is 10.9. The molecule has 4 aromatic heterocycles. The summed E-state index contributed by atoms with van der Waals surface area (Å²) in [7, 11) is 0. The van der Waals surface area contributed by atoms with E-state index >= 15 is 0 Å². The molecule has 0 radical (unpaired) electrons. The number of hydrogen-bond donors (Lipinski definition) is 0. The summed E-state index contributed by atoms with van der Waals surface area (Å²) in [6.45, 7) is 0. The Balaban J connectivity index is 1.31. The van der Waals surface area contributed by atoms with Crippen molar-refractivity contribution >= 4 is 75.3 Å². The Morgan fingerprint density at radius 2 is 1.29 bits per heavy atom. The summed E-state index contributed by atoms with van der Waals surface area (Å²) < 4.78 is 194. The van der Waals surface area contributed by atoms with E-state index < -0.39 is 167 Å². The third kappa shape index (κ3) is 4.30. The molecule has 6 heteroatoms. The van der Waals surface area contributed by atoms with Crippen LogP contribution in [0.15, 0.2) is 162 Å². The third-order valence-electron chi connectivity index (χ3n) is 8.38. The fraction of sp³-hybridized carbons (Fsp3) is 0. The molecule has 51 heavy (non-hydrogen) atoms. The Bertz CT molecular complexity index is 4330. The second-order valence-electron chi connectivity index (χ2n) is 11.2. The van der Waals surface area contributed by atoms with Gasteiger partial charge in [-0.25, -0.2) is 4.98 Å². The van der Waals surface area contributed by atoms with Gasteiger partial charge in [-0.05, 0) is 53.4 Å². The van der Waals surface area contributed by atoms with Crippen molar-refractivity contribution in [2.45, 2.75) is 0 Å². The Hall–Kier alpha value is -6.63. The highest BCUT2D eigenvalue weighted by atomic mass is 32.1. The topological polar surface area (TPSA) is 56.7 Å². The van der Waals surface area contributed by atoms with Crippen LogP contribution in [0, 0.1) is 0 Å². The van der Waals surface area contributed by atoms with Gasteiger partial charge >= 0.3 is 0 Å². The van der Waals surface area contributed by atoms with Crippen LogP contribution in [-0.2, 0) is 0 Å². The summed E-state index contributed by atoms with van der Waals surface area (Å²) in [4.78, 5) is 14.1. The number of benzene rings is 7. The molecule has 0 amide bonds. The van der Waals surface area contributed by atoms with Crippen molar-refractivity contribution in [1.29, 1.82) is 0 Å². The van der Waals surface area contributed by atoms with Gasteiger partial charge in [-0.2, -0.15) is 9.97 Å². The molecule has 0 saturated heterocycles. The zero-order valence-corrected chi connectivity index (χ0v) is 26.3. The molecule has 0 bridgehead atoms. The zero-order valence-electron chi connectivity index (χ0n) is 46.5. The fourth-order valence-electron chi connectivity index (χ4n) is 6.24. The molecule has 7 aromatic carbocycles. The molecule has 0 aliphatic rings. The molecular formula is C45H26N4OS. The van der Waals surface area contributed by atoms with Crippen LogP contribution in [0.2, 0.25) is 0 Å². The summed E-state index contributed by atoms with van der Waals surface area (Å²) >= 11 is 0.819. The molecule has 5 nitrogen and oxygen atoms in total. The fourth-order valence-corrected chi connectivity index (χ4v) is 7.21. The first kappa shape index (κ1) is 14.7. The van der Waals surface area contributed by atoms with Crippen LogP contribution in [0.3, 0.4) is 0 Å². The van der Waals surface area contributed by atoms with E-state index in [4.69, 9.17) is 33.6 Å². The van der Waals surface area contributed by atoms with Crippen molar-refractivity contribution in [3.63, 3.8) is 0 Å². The van der Waals surface area contributed by atoms with Crippen LogP contribution in [-0.4, -0.2) is 19.5 Å². The smallest absolute Gasteiger partial charge is 0.238 e. The summed E-state index contributed by atoms with van der Waals surface area (Å²) in [5, 5.41) is -1.09. The van der Waals surface area contributed by atoms with E-state index in [1.165, 1.54) is 0 Å². The number of thiophene rings is 1. The van der Waals surface area contributed by atoms with E-state index in [0.717, 1.165) is 15.9 Å². The number of fused-ring (bicyclic) bond motifs is 10. The molecule has 4 heterocycles. The molecule has 238 valence electrons. The van der Waals surface area contributed by atoms with Gasteiger partial charge in [-0.15, -0.1) is 11.3 Å². The van der Waals surface area contributed by atoms with Crippen LogP contribution in [0.4, 0.5) is 0 Å². The maximum atomic E-state index is 9.62. The number of furan rings is 1. The Morgan fingerprint density at radius 3 is 2.18 bits per heavy atom. The zero-order chi connectivity index (χ0) is 51.7. The third-order valence-corrected chi connectivity index (χ3v) is 9.40. The Labute approximate surface area is 325 Å². The average Bonchev–Trinajstić information content (AvgIpc) is 4.08. The van der Waals surface area contributed by atoms with Crippen LogP contribution in [0.25, 0.3) is 104 Å². The van der Waals surface area contributed by atoms with Gasteiger partial charge in [0.1, 0.15) is 11.2 Å². The van der Waals surface area contributed by atoms with Gasteiger partial charge in [0.05, 0.1) is 39.8 Å². The molecule has 11 rings (SSSR count). The van der Waals surface area contributed by atoms with Gasteiger partial charge in [-0.1, -0.05) is 115 Å². The van der Waals surface area contributed by atoms with E-state index in [0.29, 0.717) is 5.56 Å². The molecule has 0 unspecified atom stereocenters. The lowest BCUT2D eigenvalue weighted by atomic mass is 9.99. The standard InChI is InChI=1S/C45H26N4OS/c1-3-12-27(13-4-1)30-18-11-20-36-40(30)32-23-22-29(26-37(32)50-36)44-46-43(28-14-5-2-6-15-28)47-45(48-44)49-34-19-9-7-16-31(34)41-35(49)24-25-39-42(41)33-17-8-10-21-38(33)51-39/h1-26H/i1D,3D,4D,7D,8D,9D,10D,11D,12D,13D,16D,17D,18D,19D,20D,21D,22D,23D,24D,25D,26D. The van der Waals surface area contributed by atoms with Crippen molar-refractivity contribution in [3.05, 3.63) is 157 Å². The van der Waals surface area contributed by atoms with Crippen LogP contribution in [0.1, 0.15) is 28.8 Å². The van der Waals surface area contributed by atoms with E-state index in [1.807, 2.05) is 0 Å². The second-order valence-corrected chi connectivity index (χ2v) is 12.2. The first-order chi connectivity index (χ1) is 34.0. The van der Waals surface area contributed by atoms with Crippen LogP contribution >= 0.6 is 11.3 Å². The number of para-hydroxylation sites is 1. The SMILES string of the molecule is [2H]c1c([2H])c([2H])c(-c2c([2H])c([2H])c([2H])c3oc4c([2H])c(-c5nc(-c6ccccc6)nc(-n6c7c([2H])c([2H])c([2H])c([2H])c7c7c8c(sc9c([2H])c([2H])c([2H])c([2H])c98)c([2H])c([2H])c76)n5)c([2H])c([2H])c4c23)c([2H])c1[2H]. The number of hydrogen-bond acceptors (Lipinski definition) is 5. The largest absolute Gasteiger partial charge is 0.456 e. The molecule has 0 N–H and O–H groups in total. The summed E-state index contributed by atoms with van der Waals surface area (Å²) in [6.07, 6.45) is 0. The van der Waals surface area contributed by atoms with E-state index in [1.54, 1.807) is 30.3 Å². The highest BCUT2D eigenvalue weighted by molar-refractivity contribution is 7.26. The minimum Gasteiger partial charge on any atom is -0.456 e. The minimum atomic E-state index is -0.778. The molecule has 0 aliphatic heterocycles. The highest BCUT2D eigenvalue weighted by Crippen LogP contribution is 2.43. The predicted octanol–water partition coefficient (Wildman–Crippen LogP) is 12.2. The van der Waals surface area contributed by atoms with Crippen molar-refractivity contribution < 1.29 is 33.2 Å². The normalized spacial score (nSPS) is 17.7. The average molecular weight is 692 g/mol. The lowest BCUT2D eigenvalue weighted by Crippen LogP contribution is -2.06. The van der Waals surface area contributed by atoms with Crippen LogP contribution in [0.5, 0.6) is 0 Å². The van der Waals surface area contributed by atoms with Gasteiger partial charge < -0.3 is 4.42 Å². The number of aromatic nitrogens is 4. The lowest BCUT2D eigenvalue weighted by Gasteiger charge is -2.11. The van der Waals surface area contributed by atoms with Gasteiger partial charge in [0.2, 0.25) is 5.95 Å². The molecule has 0 aliphatic carbocycles. The highest BCUT2D eigenvalue weighted by Gasteiger charge is 2.21. The van der Waals surface area contributed by atoms with Crippen LogP contribution < -0.4 is 0 Å². The maximum Gasteiger partial charge on any atom is 0.238 e. The monoisotopic (exact) mass is 691 g/mol. The Morgan fingerprint density at radius 1 is 0.510 bits per heavy atom. The van der Waals surface area contributed by atoms with Crippen molar-refractivity contribution in [3.8, 4) is 39.9 Å². The molecule has 0 saturated carbocycles. The molecular weight excluding hydrogens is 645 g/mol. The molecule has 11 aromatic rings. The summed E-state index contributed by atoms with van der Waals surface area (Å²) in [6, 6.07) is -5.87. The first-order valence-corrected chi connectivity index (χ1v) is 16.1. The number of rotatable bonds is 4. The Kier molecular flexibility index (Phi) is 3.15.